The Morgan fingerprint density at radius 3 is 2.50 bits per heavy atom. The molecule has 0 aliphatic rings. The predicted molar refractivity (Wildman–Crippen MR) is 57.3 cm³/mol. The van der Waals surface area contributed by atoms with Crippen molar-refractivity contribution in [2.75, 3.05) is 0 Å². The minimum absolute atomic E-state index is 0.140. The third-order valence-corrected chi connectivity index (χ3v) is 2.74. The van der Waals surface area contributed by atoms with Crippen LogP contribution in [0, 0.1) is 5.82 Å². The summed E-state index contributed by atoms with van der Waals surface area (Å²) in [6.45, 7) is 0. The molecule has 0 radical (unpaired) electrons. The number of nitrogens with zero attached hydrogens (tertiary/aromatic N) is 2. The second kappa shape index (κ2) is 4.68. The Morgan fingerprint density at radius 1 is 1.28 bits per heavy atom. The molecule has 0 saturated heterocycles. The van der Waals surface area contributed by atoms with Crippen molar-refractivity contribution in [3.05, 3.63) is 35.5 Å². The van der Waals surface area contributed by atoms with Crippen molar-refractivity contribution in [3.63, 3.8) is 0 Å². The zero-order valence-electron chi connectivity index (χ0n) is 8.63. The van der Waals surface area contributed by atoms with E-state index in [-0.39, 0.29) is 5.56 Å². The van der Waals surface area contributed by atoms with Crippen molar-refractivity contribution in [2.24, 2.45) is 0 Å². The van der Waals surface area contributed by atoms with Gasteiger partial charge in [0.15, 0.2) is 0 Å². The number of aromatic nitrogens is 2. The molecule has 0 saturated carbocycles. The summed E-state index contributed by atoms with van der Waals surface area (Å²) in [5, 5.41) is 3.55. The molecule has 0 atom stereocenters. The molecule has 0 bridgehead atoms. The molecule has 8 heteroatoms. The van der Waals surface area contributed by atoms with Gasteiger partial charge in [-0.05, 0) is 17.7 Å². The molecule has 2 aromatic rings. The lowest BCUT2D eigenvalue weighted by Gasteiger charge is -2.00. The van der Waals surface area contributed by atoms with E-state index in [2.05, 4.69) is 30.6 Å². The summed E-state index contributed by atoms with van der Waals surface area (Å²) >= 11 is 3.14. The Kier molecular flexibility index (Phi) is 3.38. The van der Waals surface area contributed by atoms with Crippen LogP contribution in [-0.2, 0) is 11.5 Å². The van der Waals surface area contributed by atoms with Gasteiger partial charge in [-0.1, -0.05) is 27.2 Å². The van der Waals surface area contributed by atoms with Gasteiger partial charge in [0.1, 0.15) is 5.82 Å². The topological polar surface area (TPSA) is 38.9 Å². The average Bonchev–Trinajstić information content (AvgIpc) is 2.77. The number of alkyl halides is 4. The molecule has 0 amide bonds. The van der Waals surface area contributed by atoms with Gasteiger partial charge in [0.05, 0.1) is 5.56 Å². The molecule has 1 aromatic heterocycles. The first kappa shape index (κ1) is 13.0. The lowest BCUT2D eigenvalue weighted by atomic mass is 10.1. The molecule has 3 nitrogen and oxygen atoms in total. The summed E-state index contributed by atoms with van der Waals surface area (Å²) in [5.41, 5.74) is 0.509. The maximum atomic E-state index is 13.6. The van der Waals surface area contributed by atoms with Crippen molar-refractivity contribution >= 4 is 15.9 Å². The van der Waals surface area contributed by atoms with Gasteiger partial charge in [-0.15, -0.1) is 0 Å². The fourth-order valence-corrected chi connectivity index (χ4v) is 1.62. The Bertz CT molecular complexity index is 567. The first-order valence-electron chi connectivity index (χ1n) is 4.67. The van der Waals surface area contributed by atoms with E-state index in [0.29, 0.717) is 10.9 Å². The van der Waals surface area contributed by atoms with Crippen LogP contribution in [0.2, 0.25) is 0 Å². The summed E-state index contributed by atoms with van der Waals surface area (Å²) in [7, 11) is 0. The monoisotopic (exact) mass is 324 g/mol. The van der Waals surface area contributed by atoms with Crippen molar-refractivity contribution in [3.8, 4) is 11.4 Å². The smallest absolute Gasteiger partial charge is 0.329 e. The van der Waals surface area contributed by atoms with Gasteiger partial charge in [0, 0.05) is 5.33 Å². The van der Waals surface area contributed by atoms with Crippen LogP contribution in [0.3, 0.4) is 0 Å². The fourth-order valence-electron chi connectivity index (χ4n) is 1.27. The van der Waals surface area contributed by atoms with Crippen molar-refractivity contribution in [2.45, 2.75) is 11.5 Å². The lowest BCUT2D eigenvalue weighted by molar-refractivity contribution is -0.159. The standard InChI is InChI=1S/C10H5BrF4N2O/c11-4-5-1-2-6(7(12)3-5)8-16-9(18-17-8)10(13,14)15/h1-3H,4H2. The molecule has 1 heterocycles. The summed E-state index contributed by atoms with van der Waals surface area (Å²) in [6.07, 6.45) is -4.74. The predicted octanol–water partition coefficient (Wildman–Crippen LogP) is 3.79. The van der Waals surface area contributed by atoms with E-state index in [4.69, 9.17) is 0 Å². The molecule has 0 spiro atoms. The van der Waals surface area contributed by atoms with Gasteiger partial charge in [0.25, 0.3) is 0 Å². The Balaban J connectivity index is 2.40. The molecule has 96 valence electrons. The van der Waals surface area contributed by atoms with Crippen molar-refractivity contribution in [1.29, 1.82) is 0 Å². The molecule has 0 aliphatic heterocycles. The maximum Gasteiger partial charge on any atom is 0.471 e. The molecular weight excluding hydrogens is 320 g/mol. The van der Waals surface area contributed by atoms with Gasteiger partial charge in [-0.2, -0.15) is 18.2 Å². The molecule has 0 aliphatic carbocycles. The van der Waals surface area contributed by atoms with E-state index >= 15 is 0 Å². The molecule has 1 aromatic carbocycles. The molecule has 0 unspecified atom stereocenters. The largest absolute Gasteiger partial charge is 0.471 e. The van der Waals surface area contributed by atoms with Gasteiger partial charge in [0.2, 0.25) is 5.82 Å². The third-order valence-electron chi connectivity index (χ3n) is 2.10. The van der Waals surface area contributed by atoms with E-state index in [1.165, 1.54) is 12.1 Å². The molecule has 18 heavy (non-hydrogen) atoms. The average molecular weight is 325 g/mol. The van der Waals surface area contributed by atoms with Crippen LogP contribution in [-0.4, -0.2) is 10.1 Å². The number of hydrogen-bond acceptors (Lipinski definition) is 3. The van der Waals surface area contributed by atoms with Crippen molar-refractivity contribution in [1.82, 2.24) is 10.1 Å². The van der Waals surface area contributed by atoms with Crippen LogP contribution >= 0.6 is 15.9 Å². The van der Waals surface area contributed by atoms with Gasteiger partial charge < -0.3 is 4.52 Å². The molecular formula is C10H5BrF4N2O. The molecule has 2 rings (SSSR count). The summed E-state index contributed by atoms with van der Waals surface area (Å²) in [6, 6.07) is 4.04. The number of rotatable bonds is 2. The minimum Gasteiger partial charge on any atom is -0.329 e. The normalized spacial score (nSPS) is 11.8. The van der Waals surface area contributed by atoms with Crippen LogP contribution in [0.1, 0.15) is 11.5 Å². The van der Waals surface area contributed by atoms with Crippen molar-refractivity contribution < 1.29 is 22.1 Å². The van der Waals surface area contributed by atoms with E-state index in [9.17, 15) is 17.6 Å². The second-order valence-corrected chi connectivity index (χ2v) is 3.93. The third kappa shape index (κ3) is 2.53. The highest BCUT2D eigenvalue weighted by Crippen LogP contribution is 2.30. The lowest BCUT2D eigenvalue weighted by Crippen LogP contribution is -2.04. The second-order valence-electron chi connectivity index (χ2n) is 3.37. The first-order valence-corrected chi connectivity index (χ1v) is 5.79. The highest BCUT2D eigenvalue weighted by molar-refractivity contribution is 9.08. The van der Waals surface area contributed by atoms with Gasteiger partial charge in [-0.3, -0.25) is 0 Å². The fraction of sp³-hybridized carbons (Fsp3) is 0.200. The van der Waals surface area contributed by atoms with E-state index in [0.717, 1.165) is 0 Å². The SMILES string of the molecule is Fc1cc(CBr)ccc1-c1noc(C(F)(F)F)n1. The van der Waals surface area contributed by atoms with Crippen LogP contribution < -0.4 is 0 Å². The number of benzene rings is 1. The van der Waals surface area contributed by atoms with Crippen LogP contribution in [0.25, 0.3) is 11.4 Å². The van der Waals surface area contributed by atoms with Gasteiger partial charge >= 0.3 is 12.1 Å². The van der Waals surface area contributed by atoms with Gasteiger partial charge in [-0.25, -0.2) is 4.39 Å². The Hall–Kier alpha value is -1.44. The minimum atomic E-state index is -4.74. The molecule has 0 N–H and O–H groups in total. The number of hydrogen-bond donors (Lipinski definition) is 0. The quantitative estimate of drug-likeness (QED) is 0.623. The molecule has 0 fully saturated rings. The summed E-state index contributed by atoms with van der Waals surface area (Å²) in [4.78, 5) is 3.11. The van der Waals surface area contributed by atoms with Crippen LogP contribution in [0.4, 0.5) is 17.6 Å². The Morgan fingerprint density at radius 2 is 2.00 bits per heavy atom. The maximum absolute atomic E-state index is 13.6. The summed E-state index contributed by atoms with van der Waals surface area (Å²) < 4.78 is 54.4. The van der Waals surface area contributed by atoms with Crippen LogP contribution in [0.5, 0.6) is 0 Å². The van der Waals surface area contributed by atoms with E-state index in [1.807, 2.05) is 0 Å². The van der Waals surface area contributed by atoms with E-state index < -0.39 is 23.7 Å². The zero-order valence-corrected chi connectivity index (χ0v) is 10.2. The highest BCUT2D eigenvalue weighted by Gasteiger charge is 2.38. The highest BCUT2D eigenvalue weighted by atomic mass is 79.9. The number of halogens is 5. The van der Waals surface area contributed by atoms with E-state index in [1.54, 1.807) is 6.07 Å². The summed E-state index contributed by atoms with van der Waals surface area (Å²) in [5.74, 6) is -2.64. The first-order chi connectivity index (χ1) is 8.41. The van der Waals surface area contributed by atoms with Crippen LogP contribution in [0.15, 0.2) is 22.7 Å². The Labute approximate surface area is 107 Å². The zero-order chi connectivity index (χ0) is 13.3.